The van der Waals surface area contributed by atoms with Crippen molar-refractivity contribution >= 4 is 10.0 Å². The van der Waals surface area contributed by atoms with Crippen LogP contribution in [0.4, 0.5) is 0 Å². The van der Waals surface area contributed by atoms with Crippen LogP contribution in [0.5, 0.6) is 5.75 Å². The van der Waals surface area contributed by atoms with E-state index in [1.807, 2.05) is 6.92 Å². The molecule has 1 heterocycles. The van der Waals surface area contributed by atoms with Gasteiger partial charge in [-0.2, -0.15) is 4.31 Å². The number of likely N-dealkylation sites (N-methyl/N-ethyl adjacent to an activating group) is 1. The molecular weight excluding hydrogens is 254 g/mol. The smallest absolute Gasteiger partial charge is 0.243 e. The number of hydrogen-bond donors (Lipinski definition) is 1. The van der Waals surface area contributed by atoms with Crippen molar-refractivity contribution in [2.24, 2.45) is 0 Å². The zero-order chi connectivity index (χ0) is 13.3. The van der Waals surface area contributed by atoms with Crippen LogP contribution in [0.15, 0.2) is 29.2 Å². The van der Waals surface area contributed by atoms with Crippen molar-refractivity contribution in [3.05, 3.63) is 24.3 Å². The highest BCUT2D eigenvalue weighted by atomic mass is 32.2. The maximum atomic E-state index is 12.4. The van der Waals surface area contributed by atoms with Crippen molar-refractivity contribution in [2.75, 3.05) is 13.7 Å². The van der Waals surface area contributed by atoms with Gasteiger partial charge in [0.05, 0.1) is 17.0 Å². The van der Waals surface area contributed by atoms with E-state index >= 15 is 0 Å². The molecule has 100 valence electrons. The Bertz CT molecular complexity index is 529. The first-order valence-electron chi connectivity index (χ1n) is 5.81. The van der Waals surface area contributed by atoms with E-state index in [9.17, 15) is 13.5 Å². The van der Waals surface area contributed by atoms with Crippen LogP contribution in [0, 0.1) is 0 Å². The summed E-state index contributed by atoms with van der Waals surface area (Å²) in [6, 6.07) is 5.54. The van der Waals surface area contributed by atoms with E-state index < -0.39 is 10.0 Å². The third-order valence-electron chi connectivity index (χ3n) is 3.30. The molecule has 0 amide bonds. The number of phenols is 1. The highest BCUT2D eigenvalue weighted by Crippen LogP contribution is 2.26. The minimum atomic E-state index is -3.58. The average molecular weight is 271 g/mol. The van der Waals surface area contributed by atoms with Crippen LogP contribution in [-0.4, -0.2) is 43.6 Å². The maximum absolute atomic E-state index is 12.4. The Hall–Kier alpha value is -1.11. The summed E-state index contributed by atoms with van der Waals surface area (Å²) in [5.41, 5.74) is 0. The Morgan fingerprint density at radius 1 is 1.44 bits per heavy atom. The van der Waals surface area contributed by atoms with Crippen molar-refractivity contribution in [3.63, 3.8) is 0 Å². The van der Waals surface area contributed by atoms with E-state index in [2.05, 4.69) is 0 Å². The second kappa shape index (κ2) is 4.87. The highest BCUT2D eigenvalue weighted by molar-refractivity contribution is 7.89. The van der Waals surface area contributed by atoms with Crippen molar-refractivity contribution in [2.45, 2.75) is 30.4 Å². The molecule has 1 fully saturated rings. The van der Waals surface area contributed by atoms with Gasteiger partial charge in [0, 0.05) is 13.7 Å². The zero-order valence-corrected chi connectivity index (χ0v) is 11.2. The molecule has 2 unspecified atom stereocenters. The van der Waals surface area contributed by atoms with Crippen molar-refractivity contribution in [3.8, 4) is 5.75 Å². The Kier molecular flexibility index (Phi) is 3.61. The van der Waals surface area contributed by atoms with Crippen LogP contribution in [0.2, 0.25) is 0 Å². The van der Waals surface area contributed by atoms with E-state index in [0.717, 1.165) is 0 Å². The summed E-state index contributed by atoms with van der Waals surface area (Å²) in [7, 11) is -2.03. The van der Waals surface area contributed by atoms with Crippen molar-refractivity contribution < 1.29 is 18.3 Å². The molecule has 18 heavy (non-hydrogen) atoms. The third-order valence-corrected chi connectivity index (χ3v) is 5.18. The van der Waals surface area contributed by atoms with Crippen molar-refractivity contribution in [1.29, 1.82) is 0 Å². The van der Waals surface area contributed by atoms with Gasteiger partial charge in [0.15, 0.2) is 0 Å². The fraction of sp³-hybridized carbons (Fsp3) is 0.500. The summed E-state index contributed by atoms with van der Waals surface area (Å²) < 4.78 is 31.5. The Morgan fingerprint density at radius 3 is 2.72 bits per heavy atom. The number of hydrogen-bond acceptors (Lipinski definition) is 4. The molecule has 1 aliphatic rings. The first-order chi connectivity index (χ1) is 8.43. The standard InChI is InChI=1S/C12H17NO4S/c1-9-12(6-7-17-9)13(2)18(15,16)11-5-3-4-10(14)8-11/h3-5,8-9,12,14H,6-7H2,1-2H3. The SMILES string of the molecule is CC1OCCC1N(C)S(=O)(=O)c1cccc(O)c1. The molecule has 0 saturated carbocycles. The first-order valence-corrected chi connectivity index (χ1v) is 7.25. The lowest BCUT2D eigenvalue weighted by molar-refractivity contribution is 0.102. The normalized spacial score (nSPS) is 24.6. The summed E-state index contributed by atoms with van der Waals surface area (Å²) in [6.45, 7) is 2.44. The topological polar surface area (TPSA) is 66.8 Å². The molecule has 0 spiro atoms. The summed E-state index contributed by atoms with van der Waals surface area (Å²) in [5.74, 6) is -0.0554. The monoisotopic (exact) mass is 271 g/mol. The van der Waals surface area contributed by atoms with Gasteiger partial charge in [0.1, 0.15) is 5.75 Å². The van der Waals surface area contributed by atoms with Gasteiger partial charge >= 0.3 is 0 Å². The number of rotatable bonds is 3. The molecule has 0 aliphatic carbocycles. The van der Waals surface area contributed by atoms with Gasteiger partial charge in [-0.3, -0.25) is 0 Å². The van der Waals surface area contributed by atoms with Gasteiger partial charge in [-0.1, -0.05) is 6.07 Å². The van der Waals surface area contributed by atoms with Crippen LogP contribution in [0.1, 0.15) is 13.3 Å². The van der Waals surface area contributed by atoms with E-state index in [-0.39, 0.29) is 22.8 Å². The predicted molar refractivity (Wildman–Crippen MR) is 66.9 cm³/mol. The number of benzene rings is 1. The molecule has 2 atom stereocenters. The quantitative estimate of drug-likeness (QED) is 0.896. The van der Waals surface area contributed by atoms with E-state index in [1.54, 1.807) is 7.05 Å². The number of nitrogens with zero attached hydrogens (tertiary/aromatic N) is 1. The van der Waals surface area contributed by atoms with E-state index in [4.69, 9.17) is 4.74 Å². The average Bonchev–Trinajstić information content (AvgIpc) is 2.74. The second-order valence-electron chi connectivity index (χ2n) is 4.45. The van der Waals surface area contributed by atoms with Crippen molar-refractivity contribution in [1.82, 2.24) is 4.31 Å². The van der Waals surface area contributed by atoms with Gasteiger partial charge < -0.3 is 9.84 Å². The molecule has 0 bridgehead atoms. The van der Waals surface area contributed by atoms with Gasteiger partial charge in [-0.05, 0) is 31.5 Å². The van der Waals surface area contributed by atoms with Crippen LogP contribution in [0.25, 0.3) is 0 Å². The Labute approximate surface area is 107 Å². The molecule has 6 heteroatoms. The molecule has 5 nitrogen and oxygen atoms in total. The summed E-state index contributed by atoms with van der Waals surface area (Å²) in [5, 5.41) is 9.37. The Balaban J connectivity index is 2.31. The number of ether oxygens (including phenoxy) is 1. The second-order valence-corrected chi connectivity index (χ2v) is 6.45. The van der Waals surface area contributed by atoms with Gasteiger partial charge in [-0.15, -0.1) is 0 Å². The highest BCUT2D eigenvalue weighted by Gasteiger charge is 2.35. The molecular formula is C12H17NO4S. The molecule has 1 N–H and O–H groups in total. The van der Waals surface area contributed by atoms with Crippen LogP contribution >= 0.6 is 0 Å². The minimum absolute atomic E-state index is 0.0554. The van der Waals surface area contributed by atoms with Crippen LogP contribution < -0.4 is 0 Å². The van der Waals surface area contributed by atoms with Gasteiger partial charge in [-0.25, -0.2) is 8.42 Å². The molecule has 1 aromatic rings. The molecule has 1 saturated heterocycles. The molecule has 0 radical (unpaired) electrons. The number of phenolic OH excluding ortho intramolecular Hbond substituents is 1. The van der Waals surface area contributed by atoms with Gasteiger partial charge in [0.2, 0.25) is 10.0 Å². The van der Waals surface area contributed by atoms with Gasteiger partial charge in [0.25, 0.3) is 0 Å². The lowest BCUT2D eigenvalue weighted by Crippen LogP contribution is -2.40. The fourth-order valence-corrected chi connectivity index (χ4v) is 3.67. The van der Waals surface area contributed by atoms with Crippen LogP contribution in [-0.2, 0) is 14.8 Å². The summed E-state index contributed by atoms with van der Waals surface area (Å²) >= 11 is 0. The molecule has 1 aliphatic heterocycles. The molecule has 1 aromatic carbocycles. The minimum Gasteiger partial charge on any atom is -0.508 e. The zero-order valence-electron chi connectivity index (χ0n) is 10.4. The number of sulfonamides is 1. The fourth-order valence-electron chi connectivity index (χ4n) is 2.19. The predicted octanol–water partition coefficient (Wildman–Crippen LogP) is 1.19. The van der Waals surface area contributed by atoms with E-state index in [0.29, 0.717) is 13.0 Å². The lowest BCUT2D eigenvalue weighted by Gasteiger charge is -2.26. The summed E-state index contributed by atoms with van der Waals surface area (Å²) in [4.78, 5) is 0.101. The molecule has 2 rings (SSSR count). The molecule has 0 aromatic heterocycles. The van der Waals surface area contributed by atoms with Crippen LogP contribution in [0.3, 0.4) is 0 Å². The Morgan fingerprint density at radius 2 is 2.17 bits per heavy atom. The summed E-state index contributed by atoms with van der Waals surface area (Å²) in [6.07, 6.45) is 0.581. The lowest BCUT2D eigenvalue weighted by atomic mass is 10.2. The largest absolute Gasteiger partial charge is 0.508 e. The number of aromatic hydroxyl groups is 1. The first kappa shape index (κ1) is 13.3. The maximum Gasteiger partial charge on any atom is 0.243 e. The third kappa shape index (κ3) is 2.36. The van der Waals surface area contributed by atoms with E-state index in [1.165, 1.54) is 28.6 Å².